The second-order valence-electron chi connectivity index (χ2n) is 4.37. The van der Waals surface area contributed by atoms with Gasteiger partial charge in [0, 0.05) is 23.2 Å². The summed E-state index contributed by atoms with van der Waals surface area (Å²) in [6, 6.07) is 9.46. The highest BCUT2D eigenvalue weighted by molar-refractivity contribution is 5.73. The number of rotatable bonds is 2. The molecule has 72 valence electrons. The maximum Gasteiger partial charge on any atom is 0.0384 e. The molecule has 14 heavy (non-hydrogen) atoms. The van der Waals surface area contributed by atoms with Crippen molar-refractivity contribution in [1.82, 2.24) is 5.32 Å². The van der Waals surface area contributed by atoms with Gasteiger partial charge < -0.3 is 5.32 Å². The molecule has 2 aliphatic carbocycles. The van der Waals surface area contributed by atoms with E-state index in [1.165, 1.54) is 29.7 Å². The molecule has 0 aromatic heterocycles. The largest absolute Gasteiger partial charge is 0.382 e. The predicted octanol–water partition coefficient (Wildman–Crippen LogP) is 2.90. The van der Waals surface area contributed by atoms with Crippen LogP contribution in [0.15, 0.2) is 30.3 Å². The summed E-state index contributed by atoms with van der Waals surface area (Å²) in [6.07, 6.45) is 5.03. The van der Waals surface area contributed by atoms with Gasteiger partial charge in [-0.3, -0.25) is 0 Å². The lowest BCUT2D eigenvalue weighted by atomic mass is 10.0. The molecular weight excluding hydrogens is 170 g/mol. The third kappa shape index (κ3) is 1.24. The fraction of sp³-hybridized carbons (Fsp3) is 0.385. The summed E-state index contributed by atoms with van der Waals surface area (Å²) in [4.78, 5) is 0. The predicted molar refractivity (Wildman–Crippen MR) is 59.0 cm³/mol. The van der Waals surface area contributed by atoms with E-state index in [1.807, 2.05) is 0 Å². The summed E-state index contributed by atoms with van der Waals surface area (Å²) in [5, 5.41) is 3.60. The molecule has 1 nitrogen and oxygen atoms in total. The molecule has 1 atom stereocenters. The van der Waals surface area contributed by atoms with Crippen LogP contribution in [0.3, 0.4) is 0 Å². The Morgan fingerprint density at radius 3 is 2.79 bits per heavy atom. The second-order valence-corrected chi connectivity index (χ2v) is 4.37. The number of nitrogens with one attached hydrogen (secondary N) is 1. The molecule has 0 unspecified atom stereocenters. The standard InChI is InChI=1S/C13H15N/c1-9-8-13(14-10-6-7-10)12-5-3-2-4-11(9)12/h2-5,8-10,14H,6-7H2,1H3/t9-/m0/s1. The molecule has 0 bridgehead atoms. The number of fused-ring (bicyclic) bond motifs is 1. The molecule has 1 aromatic rings. The molecule has 0 heterocycles. The van der Waals surface area contributed by atoms with Crippen LogP contribution in [-0.4, -0.2) is 6.04 Å². The van der Waals surface area contributed by atoms with Gasteiger partial charge in [-0.25, -0.2) is 0 Å². The van der Waals surface area contributed by atoms with Crippen molar-refractivity contribution in [2.24, 2.45) is 0 Å². The number of benzene rings is 1. The fourth-order valence-electron chi connectivity index (χ4n) is 2.14. The molecule has 0 aliphatic heterocycles. The Kier molecular flexibility index (Phi) is 1.66. The van der Waals surface area contributed by atoms with E-state index < -0.39 is 0 Å². The van der Waals surface area contributed by atoms with Crippen molar-refractivity contribution in [3.05, 3.63) is 41.5 Å². The number of hydrogen-bond donors (Lipinski definition) is 1. The minimum atomic E-state index is 0.576. The molecular formula is C13H15N. The fourth-order valence-corrected chi connectivity index (χ4v) is 2.14. The van der Waals surface area contributed by atoms with Gasteiger partial charge in [0.1, 0.15) is 0 Å². The minimum absolute atomic E-state index is 0.576. The quantitative estimate of drug-likeness (QED) is 0.747. The van der Waals surface area contributed by atoms with E-state index >= 15 is 0 Å². The highest BCUT2D eigenvalue weighted by atomic mass is 15.0. The van der Waals surface area contributed by atoms with Crippen LogP contribution < -0.4 is 5.32 Å². The molecule has 0 radical (unpaired) electrons. The Labute approximate surface area is 84.8 Å². The molecule has 0 saturated heterocycles. The lowest BCUT2D eigenvalue weighted by molar-refractivity contribution is 0.883. The van der Waals surface area contributed by atoms with Crippen LogP contribution in [0.5, 0.6) is 0 Å². The summed E-state index contributed by atoms with van der Waals surface area (Å²) in [5.41, 5.74) is 4.23. The molecule has 1 aromatic carbocycles. The van der Waals surface area contributed by atoms with Crippen molar-refractivity contribution in [2.45, 2.75) is 31.7 Å². The van der Waals surface area contributed by atoms with Crippen molar-refractivity contribution >= 4 is 5.70 Å². The first kappa shape index (κ1) is 8.10. The van der Waals surface area contributed by atoms with Crippen LogP contribution in [0.2, 0.25) is 0 Å². The Morgan fingerprint density at radius 1 is 1.21 bits per heavy atom. The topological polar surface area (TPSA) is 12.0 Å². The van der Waals surface area contributed by atoms with Gasteiger partial charge in [-0.2, -0.15) is 0 Å². The van der Waals surface area contributed by atoms with Crippen LogP contribution >= 0.6 is 0 Å². The lowest BCUT2D eigenvalue weighted by Gasteiger charge is -2.07. The smallest absolute Gasteiger partial charge is 0.0384 e. The third-order valence-electron chi connectivity index (χ3n) is 3.10. The molecule has 1 heteroatoms. The van der Waals surface area contributed by atoms with Crippen molar-refractivity contribution in [3.8, 4) is 0 Å². The Morgan fingerprint density at radius 2 is 2.00 bits per heavy atom. The zero-order valence-corrected chi connectivity index (χ0v) is 8.46. The summed E-state index contributed by atoms with van der Waals surface area (Å²) in [5.74, 6) is 0.576. The summed E-state index contributed by atoms with van der Waals surface area (Å²) in [7, 11) is 0. The van der Waals surface area contributed by atoms with E-state index in [0.29, 0.717) is 5.92 Å². The van der Waals surface area contributed by atoms with E-state index in [0.717, 1.165) is 6.04 Å². The third-order valence-corrected chi connectivity index (χ3v) is 3.10. The zero-order valence-electron chi connectivity index (χ0n) is 8.46. The first-order valence-electron chi connectivity index (χ1n) is 5.42. The number of hydrogen-bond acceptors (Lipinski definition) is 1. The first-order valence-corrected chi connectivity index (χ1v) is 5.42. The Hall–Kier alpha value is -1.24. The average molecular weight is 185 g/mol. The van der Waals surface area contributed by atoms with Gasteiger partial charge in [-0.15, -0.1) is 0 Å². The van der Waals surface area contributed by atoms with Crippen LogP contribution in [0.1, 0.15) is 36.8 Å². The molecule has 1 saturated carbocycles. The van der Waals surface area contributed by atoms with Gasteiger partial charge in [0.25, 0.3) is 0 Å². The average Bonchev–Trinajstić information content (AvgIpc) is 2.95. The minimum Gasteiger partial charge on any atom is -0.382 e. The van der Waals surface area contributed by atoms with Gasteiger partial charge >= 0.3 is 0 Å². The maximum absolute atomic E-state index is 3.60. The highest BCUT2D eigenvalue weighted by Crippen LogP contribution is 2.35. The summed E-state index contributed by atoms with van der Waals surface area (Å²) in [6.45, 7) is 2.26. The first-order chi connectivity index (χ1) is 6.84. The van der Waals surface area contributed by atoms with E-state index in [2.05, 4.69) is 42.6 Å². The summed E-state index contributed by atoms with van der Waals surface area (Å²) < 4.78 is 0. The van der Waals surface area contributed by atoms with Crippen LogP contribution in [0.4, 0.5) is 0 Å². The second kappa shape index (κ2) is 2.88. The summed E-state index contributed by atoms with van der Waals surface area (Å²) >= 11 is 0. The van der Waals surface area contributed by atoms with Crippen LogP contribution in [-0.2, 0) is 0 Å². The van der Waals surface area contributed by atoms with Gasteiger partial charge in [-0.05, 0) is 18.4 Å². The van der Waals surface area contributed by atoms with Gasteiger partial charge in [0.15, 0.2) is 0 Å². The Bertz CT molecular complexity index is 388. The van der Waals surface area contributed by atoms with Crippen molar-refractivity contribution < 1.29 is 0 Å². The molecule has 1 fully saturated rings. The molecule has 0 amide bonds. The van der Waals surface area contributed by atoms with Crippen molar-refractivity contribution in [3.63, 3.8) is 0 Å². The molecule has 3 rings (SSSR count). The normalized spacial score (nSPS) is 24.4. The lowest BCUT2D eigenvalue weighted by Crippen LogP contribution is -2.13. The molecule has 2 aliphatic rings. The van der Waals surface area contributed by atoms with E-state index in [4.69, 9.17) is 0 Å². The SMILES string of the molecule is C[C@H]1C=C(NC2CC2)c2ccccc21. The van der Waals surface area contributed by atoms with Crippen molar-refractivity contribution in [2.75, 3.05) is 0 Å². The zero-order chi connectivity index (χ0) is 9.54. The van der Waals surface area contributed by atoms with E-state index in [1.54, 1.807) is 0 Å². The van der Waals surface area contributed by atoms with Gasteiger partial charge in [0.2, 0.25) is 0 Å². The van der Waals surface area contributed by atoms with Gasteiger partial charge in [0.05, 0.1) is 0 Å². The van der Waals surface area contributed by atoms with Crippen LogP contribution in [0, 0.1) is 0 Å². The Balaban J connectivity index is 1.95. The van der Waals surface area contributed by atoms with Crippen LogP contribution in [0.25, 0.3) is 5.70 Å². The van der Waals surface area contributed by atoms with Gasteiger partial charge in [-0.1, -0.05) is 37.3 Å². The molecule has 0 spiro atoms. The molecule has 1 N–H and O–H groups in total. The van der Waals surface area contributed by atoms with Crippen molar-refractivity contribution in [1.29, 1.82) is 0 Å². The highest BCUT2D eigenvalue weighted by Gasteiger charge is 2.26. The van der Waals surface area contributed by atoms with E-state index in [9.17, 15) is 0 Å². The number of allylic oxidation sites excluding steroid dienone is 1. The monoisotopic (exact) mass is 185 g/mol. The maximum atomic E-state index is 3.60. The van der Waals surface area contributed by atoms with E-state index in [-0.39, 0.29) is 0 Å².